The minimum absolute atomic E-state index is 0.0889. The van der Waals surface area contributed by atoms with Gasteiger partial charge in [0.2, 0.25) is 10.0 Å². The van der Waals surface area contributed by atoms with Crippen molar-refractivity contribution in [1.82, 2.24) is 0 Å². The summed E-state index contributed by atoms with van der Waals surface area (Å²) >= 11 is 0. The minimum Gasteiger partial charge on any atom is -0.284 e. The average molecular weight is 184 g/mol. The average Bonchev–Trinajstić information content (AvgIpc) is 2.06. The second kappa shape index (κ2) is 3.58. The lowest BCUT2D eigenvalue weighted by atomic mass is 10.3. The molecule has 0 amide bonds. The van der Waals surface area contributed by atoms with E-state index in [9.17, 15) is 8.42 Å². The first-order valence-corrected chi connectivity index (χ1v) is 5.26. The number of anilines is 1. The number of hydrogen-bond acceptors (Lipinski definition) is 2. The molecule has 3 nitrogen and oxygen atoms in total. The van der Waals surface area contributed by atoms with Gasteiger partial charge in [-0.3, -0.25) is 4.72 Å². The van der Waals surface area contributed by atoms with Crippen LogP contribution in [0, 0.1) is 6.07 Å². The monoisotopic (exact) mass is 184 g/mol. The summed E-state index contributed by atoms with van der Waals surface area (Å²) in [5.74, 6) is 0.0889. The van der Waals surface area contributed by atoms with Gasteiger partial charge in [-0.1, -0.05) is 12.1 Å². The van der Waals surface area contributed by atoms with Crippen LogP contribution in [0.5, 0.6) is 0 Å². The summed E-state index contributed by atoms with van der Waals surface area (Å²) in [5, 5.41) is 0. The Labute approximate surface area is 72.5 Å². The Bertz CT molecular complexity index is 331. The molecule has 12 heavy (non-hydrogen) atoms. The molecule has 4 heteroatoms. The van der Waals surface area contributed by atoms with E-state index in [1.165, 1.54) is 0 Å². The maximum atomic E-state index is 11.0. The van der Waals surface area contributed by atoms with Gasteiger partial charge in [-0.15, -0.1) is 0 Å². The number of sulfonamides is 1. The van der Waals surface area contributed by atoms with E-state index in [0.717, 1.165) is 0 Å². The second-order valence-electron chi connectivity index (χ2n) is 2.29. The van der Waals surface area contributed by atoms with E-state index in [-0.39, 0.29) is 5.75 Å². The molecule has 0 aliphatic carbocycles. The van der Waals surface area contributed by atoms with Crippen LogP contribution in [0.25, 0.3) is 0 Å². The predicted octanol–water partition coefficient (Wildman–Crippen LogP) is 1.25. The van der Waals surface area contributed by atoms with Gasteiger partial charge in [0, 0.05) is 5.69 Å². The first kappa shape index (κ1) is 9.06. The van der Waals surface area contributed by atoms with E-state index in [4.69, 9.17) is 0 Å². The van der Waals surface area contributed by atoms with Gasteiger partial charge in [0.25, 0.3) is 0 Å². The molecule has 0 aliphatic heterocycles. The molecule has 65 valence electrons. The van der Waals surface area contributed by atoms with Crippen molar-refractivity contribution in [2.24, 2.45) is 0 Å². The summed E-state index contributed by atoms with van der Waals surface area (Å²) in [4.78, 5) is 0. The van der Waals surface area contributed by atoms with Crippen LogP contribution in [-0.2, 0) is 10.0 Å². The summed E-state index contributed by atoms with van der Waals surface area (Å²) in [7, 11) is -3.14. The van der Waals surface area contributed by atoms with Crippen LogP contribution in [0.4, 0.5) is 5.69 Å². The third-order valence-electron chi connectivity index (χ3n) is 1.37. The molecule has 0 atom stereocenters. The Hall–Kier alpha value is -1.03. The SMILES string of the molecule is CCS(=O)(=O)Nc1cc[c]cc1. The second-order valence-corrected chi connectivity index (χ2v) is 4.31. The molecule has 0 aromatic heterocycles. The van der Waals surface area contributed by atoms with Crippen LogP contribution in [0.15, 0.2) is 24.3 Å². The Kier molecular flexibility index (Phi) is 2.70. The van der Waals surface area contributed by atoms with Gasteiger partial charge in [-0.2, -0.15) is 0 Å². The molecule has 1 N–H and O–H groups in total. The van der Waals surface area contributed by atoms with Gasteiger partial charge in [0.1, 0.15) is 0 Å². The van der Waals surface area contributed by atoms with E-state index in [2.05, 4.69) is 10.8 Å². The summed E-state index contributed by atoms with van der Waals surface area (Å²) in [6.45, 7) is 1.59. The van der Waals surface area contributed by atoms with E-state index >= 15 is 0 Å². The highest BCUT2D eigenvalue weighted by molar-refractivity contribution is 7.92. The number of benzene rings is 1. The molecule has 0 spiro atoms. The van der Waals surface area contributed by atoms with Crippen LogP contribution in [0.3, 0.4) is 0 Å². The van der Waals surface area contributed by atoms with Gasteiger partial charge in [-0.05, 0) is 25.1 Å². The highest BCUT2D eigenvalue weighted by Gasteiger charge is 2.04. The highest BCUT2D eigenvalue weighted by Crippen LogP contribution is 2.06. The molecule has 0 heterocycles. The Morgan fingerprint density at radius 1 is 1.42 bits per heavy atom. The van der Waals surface area contributed by atoms with Crippen molar-refractivity contribution in [2.75, 3.05) is 10.5 Å². The normalized spacial score (nSPS) is 11.1. The lowest BCUT2D eigenvalue weighted by Crippen LogP contribution is -2.14. The van der Waals surface area contributed by atoms with Gasteiger partial charge in [0.15, 0.2) is 0 Å². The molecule has 0 saturated heterocycles. The number of nitrogens with one attached hydrogen (secondary N) is 1. The zero-order valence-corrected chi connectivity index (χ0v) is 7.56. The fraction of sp³-hybridized carbons (Fsp3) is 0.250. The third kappa shape index (κ3) is 2.54. The van der Waals surface area contributed by atoms with Gasteiger partial charge < -0.3 is 0 Å². The summed E-state index contributed by atoms with van der Waals surface area (Å²) in [5.41, 5.74) is 0.579. The van der Waals surface area contributed by atoms with Crippen LogP contribution in [0.1, 0.15) is 6.92 Å². The summed E-state index contributed by atoms with van der Waals surface area (Å²) in [6.07, 6.45) is 0. The van der Waals surface area contributed by atoms with Gasteiger partial charge in [-0.25, -0.2) is 8.42 Å². The van der Waals surface area contributed by atoms with Crippen molar-refractivity contribution < 1.29 is 8.42 Å². The standard InChI is InChI=1S/C8H10NO2S/c1-2-12(10,11)9-8-6-4-3-5-7-8/h4-7,9H,2H2,1H3. The Balaban J connectivity index is 2.78. The van der Waals surface area contributed by atoms with Crippen LogP contribution >= 0.6 is 0 Å². The van der Waals surface area contributed by atoms with Crippen molar-refractivity contribution in [3.63, 3.8) is 0 Å². The Morgan fingerprint density at radius 3 is 2.50 bits per heavy atom. The third-order valence-corrected chi connectivity index (χ3v) is 2.68. The van der Waals surface area contributed by atoms with E-state index in [1.807, 2.05) is 0 Å². The number of rotatable bonds is 3. The van der Waals surface area contributed by atoms with Gasteiger partial charge in [0.05, 0.1) is 5.75 Å². The fourth-order valence-electron chi connectivity index (χ4n) is 0.707. The molecule has 0 bridgehead atoms. The Morgan fingerprint density at radius 2 is 2.00 bits per heavy atom. The van der Waals surface area contributed by atoms with Crippen molar-refractivity contribution >= 4 is 15.7 Å². The maximum Gasteiger partial charge on any atom is 0.232 e. The minimum atomic E-state index is -3.14. The lowest BCUT2D eigenvalue weighted by molar-refractivity contribution is 0.602. The van der Waals surface area contributed by atoms with E-state index in [0.29, 0.717) is 5.69 Å². The molecular formula is C8H10NO2S. The van der Waals surface area contributed by atoms with Crippen LogP contribution < -0.4 is 4.72 Å². The molecule has 0 saturated carbocycles. The quantitative estimate of drug-likeness (QED) is 0.768. The zero-order valence-electron chi connectivity index (χ0n) is 6.74. The van der Waals surface area contributed by atoms with Gasteiger partial charge >= 0.3 is 0 Å². The summed E-state index contributed by atoms with van der Waals surface area (Å²) in [6, 6.07) is 9.44. The lowest BCUT2D eigenvalue weighted by Gasteiger charge is -2.03. The van der Waals surface area contributed by atoms with E-state index in [1.54, 1.807) is 31.2 Å². The topological polar surface area (TPSA) is 46.2 Å². The highest BCUT2D eigenvalue weighted by atomic mass is 32.2. The maximum absolute atomic E-state index is 11.0. The molecule has 1 aromatic carbocycles. The molecule has 1 rings (SSSR count). The zero-order chi connectivity index (χ0) is 9.03. The first-order valence-electron chi connectivity index (χ1n) is 3.60. The fourth-order valence-corrected chi connectivity index (χ4v) is 1.35. The molecular weight excluding hydrogens is 174 g/mol. The number of hydrogen-bond donors (Lipinski definition) is 1. The largest absolute Gasteiger partial charge is 0.284 e. The van der Waals surface area contributed by atoms with E-state index < -0.39 is 10.0 Å². The molecule has 1 aromatic rings. The molecule has 0 unspecified atom stereocenters. The summed E-state index contributed by atoms with van der Waals surface area (Å²) < 4.78 is 24.5. The van der Waals surface area contributed by atoms with Crippen molar-refractivity contribution in [3.05, 3.63) is 30.3 Å². The predicted molar refractivity (Wildman–Crippen MR) is 48.4 cm³/mol. The molecule has 1 radical (unpaired) electrons. The smallest absolute Gasteiger partial charge is 0.232 e. The molecule has 0 fully saturated rings. The molecule has 0 aliphatic rings. The van der Waals surface area contributed by atoms with Crippen molar-refractivity contribution in [2.45, 2.75) is 6.92 Å². The van der Waals surface area contributed by atoms with Crippen LogP contribution in [0.2, 0.25) is 0 Å². The first-order chi connectivity index (χ1) is 5.64. The van der Waals surface area contributed by atoms with Crippen molar-refractivity contribution in [1.29, 1.82) is 0 Å². The van der Waals surface area contributed by atoms with Crippen LogP contribution in [-0.4, -0.2) is 14.2 Å². The van der Waals surface area contributed by atoms with Crippen molar-refractivity contribution in [3.8, 4) is 0 Å².